The zero-order valence-electron chi connectivity index (χ0n) is 69.9. The molecule has 0 saturated heterocycles. The first-order valence-electron chi connectivity index (χ1n) is 43.8. The second-order valence-electron chi connectivity index (χ2n) is 29.3. The summed E-state index contributed by atoms with van der Waals surface area (Å²) >= 11 is 0. The highest BCUT2D eigenvalue weighted by Gasteiger charge is 2.31. The molecule has 0 aromatic rings. The van der Waals surface area contributed by atoms with Gasteiger partial charge >= 0.3 is 0 Å². The standard InChI is InChI=1S/C83H159N17O11/c1-5-9-13-17-21-25-29-33-37-43-63-108-67-47-59-89-97-76(102)56-53-73(80(106)99-91-61-49-69-110-65-45-39-35-31-27-23-19-15-11-7-3)93-75(101)55-52-72(94-78(104)71(96-83(86)87)51-41-42-58-88-82(84)85)79(105)95-74(81(107)100-92-62-50-70-111-66-46-40-36-32-28-24-20-16-12-8-4)54-57-77(103)98-90-60-48-68-109-64-44-38-34-30-26-22-18-14-10-6-2/h59-62,71-74H,5-58,63-70H2,1-4H3,(H,93,101)(H,94,104)(H,95,105)(H,97,102)(H,98,103)(H,99,106)(H,100,107)(H4,84,85,88)(H4,86,87,96)/b89-59+,90-60+,91-61+,92-62+/t71-,72-,73-,74-/m0/s1. The Morgan fingerprint density at radius 2 is 0.568 bits per heavy atom. The molecule has 28 heteroatoms. The quantitative estimate of drug-likeness (QED) is 0.0117. The number of aliphatic imine (C=N–C) groups is 2. The zero-order valence-corrected chi connectivity index (χ0v) is 69.9. The van der Waals surface area contributed by atoms with Crippen molar-refractivity contribution in [2.75, 3.05) is 59.4 Å². The molecule has 0 saturated carbocycles. The highest BCUT2D eigenvalue weighted by Crippen LogP contribution is 2.16. The van der Waals surface area contributed by atoms with Crippen LogP contribution in [0.1, 0.15) is 368 Å². The van der Waals surface area contributed by atoms with Gasteiger partial charge in [-0.05, 0) is 64.2 Å². The maximum atomic E-state index is 14.7. The third-order valence-electron chi connectivity index (χ3n) is 18.9. The van der Waals surface area contributed by atoms with Gasteiger partial charge in [-0.15, -0.1) is 0 Å². The van der Waals surface area contributed by atoms with Gasteiger partial charge in [0.05, 0.1) is 26.4 Å². The maximum absolute atomic E-state index is 14.7. The number of hydrogen-bond donors (Lipinski definition) is 11. The Morgan fingerprint density at radius 1 is 0.288 bits per heavy atom. The molecule has 0 radical (unpaired) electrons. The summed E-state index contributed by atoms with van der Waals surface area (Å²) in [5.74, 6) is -5.54. The lowest BCUT2D eigenvalue weighted by Crippen LogP contribution is -2.55. The minimum atomic E-state index is -1.54. The van der Waals surface area contributed by atoms with Crippen molar-refractivity contribution in [2.24, 2.45) is 53.3 Å². The van der Waals surface area contributed by atoms with Crippen molar-refractivity contribution in [3.05, 3.63) is 0 Å². The molecule has 0 fully saturated rings. The Labute approximate surface area is 670 Å². The number of carbonyl (C=O) groups is 7. The summed E-state index contributed by atoms with van der Waals surface area (Å²) in [6.07, 6.45) is 55.7. The van der Waals surface area contributed by atoms with Crippen LogP contribution in [0, 0.1) is 0 Å². The van der Waals surface area contributed by atoms with Gasteiger partial charge in [0, 0.05) is 103 Å². The number of guanidine groups is 2. The summed E-state index contributed by atoms with van der Waals surface area (Å²) in [5, 5.41) is 24.4. The van der Waals surface area contributed by atoms with E-state index in [1.54, 1.807) is 6.21 Å². The molecule has 0 unspecified atom stereocenters. The SMILES string of the molecule is CCCCCCCCCCCCOCC/C=N/NC(=O)CC[C@H](NC(=O)CC[C@H](NC(=O)[C@H](CCCCN=C(N)N)N=C(N)N)C(=O)N[C@@H](CCC(=O)N/N=C/CCOCCCCCCCCCCCC)C(=O)N/N=C/CCOCCCCCCCCCCCC)C(=O)N/N=C/CCOCCCCCCCCCCCC. The predicted octanol–water partition coefficient (Wildman–Crippen LogP) is 13.6. The van der Waals surface area contributed by atoms with Gasteiger partial charge in [-0.2, -0.15) is 20.4 Å². The van der Waals surface area contributed by atoms with Crippen LogP contribution in [0.3, 0.4) is 0 Å². The van der Waals surface area contributed by atoms with E-state index >= 15 is 0 Å². The van der Waals surface area contributed by atoms with Crippen LogP contribution < -0.4 is 60.6 Å². The van der Waals surface area contributed by atoms with Gasteiger partial charge in [-0.3, -0.25) is 38.6 Å². The Hall–Kier alpha value is -6.65. The van der Waals surface area contributed by atoms with Gasteiger partial charge in [-0.1, -0.05) is 259 Å². The van der Waals surface area contributed by atoms with E-state index in [4.69, 9.17) is 41.9 Å². The fourth-order valence-electron chi connectivity index (χ4n) is 12.2. The molecule has 642 valence electrons. The monoisotopic (exact) mass is 1570 g/mol. The highest BCUT2D eigenvalue weighted by atomic mass is 16.5. The number of rotatable bonds is 82. The van der Waals surface area contributed by atoms with Crippen molar-refractivity contribution < 1.29 is 52.5 Å². The Balaban J connectivity index is 6.52. The molecule has 0 rings (SSSR count). The predicted molar refractivity (Wildman–Crippen MR) is 453 cm³/mol. The minimum Gasteiger partial charge on any atom is -0.381 e. The Bertz CT molecular complexity index is 2450. The van der Waals surface area contributed by atoms with Gasteiger partial charge in [-0.25, -0.2) is 26.7 Å². The topological polar surface area (TPSA) is 419 Å². The number of carbonyl (C=O) groups excluding carboxylic acids is 7. The summed E-state index contributed by atoms with van der Waals surface area (Å²) in [5.41, 5.74) is 32.6. The second-order valence-corrected chi connectivity index (χ2v) is 29.3. The summed E-state index contributed by atoms with van der Waals surface area (Å²) in [6.45, 7) is 13.3. The van der Waals surface area contributed by atoms with E-state index in [0.717, 1.165) is 51.4 Å². The van der Waals surface area contributed by atoms with Crippen LogP contribution in [0.4, 0.5) is 0 Å². The van der Waals surface area contributed by atoms with E-state index in [-0.39, 0.29) is 44.6 Å². The summed E-state index contributed by atoms with van der Waals surface area (Å²) in [6, 6.07) is -5.49. The van der Waals surface area contributed by atoms with Crippen LogP contribution in [0.25, 0.3) is 0 Å². The smallest absolute Gasteiger partial charge is 0.262 e. The average Bonchev–Trinajstić information content (AvgIpc) is 0.868. The number of hydrogen-bond acceptors (Lipinski definition) is 17. The van der Waals surface area contributed by atoms with Crippen LogP contribution in [0.5, 0.6) is 0 Å². The molecule has 4 atom stereocenters. The van der Waals surface area contributed by atoms with Crippen LogP contribution in [0.15, 0.2) is 30.4 Å². The van der Waals surface area contributed by atoms with E-state index in [1.165, 1.54) is 224 Å². The van der Waals surface area contributed by atoms with Gasteiger partial charge in [0.1, 0.15) is 24.2 Å². The maximum Gasteiger partial charge on any atom is 0.262 e. The third-order valence-corrected chi connectivity index (χ3v) is 18.9. The van der Waals surface area contributed by atoms with E-state index in [2.05, 4.69) is 95.7 Å². The lowest BCUT2D eigenvalue weighted by Gasteiger charge is -2.24. The van der Waals surface area contributed by atoms with Gasteiger partial charge in [0.15, 0.2) is 11.9 Å². The number of nitrogens with one attached hydrogen (secondary N) is 7. The zero-order chi connectivity index (χ0) is 81.2. The fourth-order valence-corrected chi connectivity index (χ4v) is 12.2. The summed E-state index contributed by atoms with van der Waals surface area (Å²) < 4.78 is 23.2. The van der Waals surface area contributed by atoms with Gasteiger partial charge in [0.2, 0.25) is 29.5 Å². The van der Waals surface area contributed by atoms with E-state index in [0.29, 0.717) is 91.4 Å². The van der Waals surface area contributed by atoms with Crippen molar-refractivity contribution in [1.29, 1.82) is 0 Å². The molecule has 0 bridgehead atoms. The van der Waals surface area contributed by atoms with Gasteiger partial charge in [0.25, 0.3) is 11.8 Å². The van der Waals surface area contributed by atoms with E-state index in [9.17, 15) is 33.6 Å². The molecule has 0 aliphatic heterocycles. The molecule has 0 aromatic heterocycles. The Kier molecular flexibility index (Phi) is 76.5. The molecule has 0 aliphatic rings. The summed E-state index contributed by atoms with van der Waals surface area (Å²) in [4.78, 5) is 106. The minimum absolute atomic E-state index is 0.0917. The molecule has 111 heavy (non-hydrogen) atoms. The van der Waals surface area contributed by atoms with E-state index in [1.807, 2.05) is 0 Å². The number of ether oxygens (including phenoxy) is 4. The van der Waals surface area contributed by atoms with Crippen molar-refractivity contribution in [1.82, 2.24) is 37.7 Å². The number of nitrogens with two attached hydrogens (primary N) is 4. The first-order chi connectivity index (χ1) is 54.2. The lowest BCUT2D eigenvalue weighted by atomic mass is 10.0. The Morgan fingerprint density at radius 3 is 0.883 bits per heavy atom. The second kappa shape index (κ2) is 81.4. The van der Waals surface area contributed by atoms with Gasteiger partial charge < -0.3 is 57.8 Å². The number of unbranched alkanes of at least 4 members (excludes halogenated alkanes) is 37. The molecule has 7 amide bonds. The largest absolute Gasteiger partial charge is 0.381 e. The number of nitrogens with zero attached hydrogens (tertiary/aromatic N) is 6. The average molecular weight is 1570 g/mol. The van der Waals surface area contributed by atoms with Crippen molar-refractivity contribution >= 4 is 78.1 Å². The van der Waals surface area contributed by atoms with Crippen molar-refractivity contribution in [3.63, 3.8) is 0 Å². The highest BCUT2D eigenvalue weighted by molar-refractivity contribution is 5.95. The first kappa shape index (κ1) is 104. The molecule has 28 nitrogen and oxygen atoms in total. The molecular weight excluding hydrogens is 1410 g/mol. The van der Waals surface area contributed by atoms with Crippen molar-refractivity contribution in [3.8, 4) is 0 Å². The first-order valence-corrected chi connectivity index (χ1v) is 43.8. The third kappa shape index (κ3) is 73.3. The number of hydrazone groups is 4. The molecule has 15 N–H and O–H groups in total. The van der Waals surface area contributed by atoms with Crippen LogP contribution in [-0.2, 0) is 52.5 Å². The van der Waals surface area contributed by atoms with Crippen LogP contribution in [0.2, 0.25) is 0 Å². The number of amides is 7. The van der Waals surface area contributed by atoms with Crippen LogP contribution in [-0.4, -0.2) is 162 Å². The molecular formula is C83H159N17O11. The molecule has 0 heterocycles. The normalized spacial score (nSPS) is 12.6. The molecule has 0 spiro atoms. The van der Waals surface area contributed by atoms with E-state index < -0.39 is 84.3 Å². The van der Waals surface area contributed by atoms with Crippen molar-refractivity contribution in [2.45, 2.75) is 392 Å². The fraction of sp³-hybridized carbons (Fsp3) is 0.843. The van der Waals surface area contributed by atoms with Crippen LogP contribution >= 0.6 is 0 Å². The lowest BCUT2D eigenvalue weighted by molar-refractivity contribution is -0.133. The molecule has 0 aliphatic carbocycles. The molecule has 0 aromatic carbocycles. The summed E-state index contributed by atoms with van der Waals surface area (Å²) in [7, 11) is 0.